The van der Waals surface area contributed by atoms with E-state index in [1.807, 2.05) is 36.4 Å². The number of rotatable bonds is 2. The molecule has 0 aromatic heterocycles. The lowest BCUT2D eigenvalue weighted by Crippen LogP contribution is -2.14. The SMILES string of the molecule is NC(c1cc(Cl)ccc1I)c1ccc(F)c2ccccc12. The summed E-state index contributed by atoms with van der Waals surface area (Å²) < 4.78 is 15.0. The molecule has 0 aliphatic rings. The van der Waals surface area contributed by atoms with Crippen molar-refractivity contribution in [3.05, 3.63) is 80.1 Å². The largest absolute Gasteiger partial charge is 0.320 e. The van der Waals surface area contributed by atoms with Gasteiger partial charge in [-0.25, -0.2) is 4.39 Å². The maximum Gasteiger partial charge on any atom is 0.131 e. The summed E-state index contributed by atoms with van der Waals surface area (Å²) >= 11 is 8.31. The molecule has 2 N–H and O–H groups in total. The van der Waals surface area contributed by atoms with Gasteiger partial charge in [0.25, 0.3) is 0 Å². The van der Waals surface area contributed by atoms with Gasteiger partial charge in [0.1, 0.15) is 5.82 Å². The van der Waals surface area contributed by atoms with Gasteiger partial charge in [0, 0.05) is 14.0 Å². The molecule has 21 heavy (non-hydrogen) atoms. The second-order valence-corrected chi connectivity index (χ2v) is 6.42. The molecular formula is C17H12ClFIN. The van der Waals surface area contributed by atoms with Crippen LogP contribution in [0.1, 0.15) is 17.2 Å². The van der Waals surface area contributed by atoms with Crippen LogP contribution in [0.15, 0.2) is 54.6 Å². The van der Waals surface area contributed by atoms with Crippen LogP contribution in [0, 0.1) is 9.39 Å². The highest BCUT2D eigenvalue weighted by molar-refractivity contribution is 14.1. The summed E-state index contributed by atoms with van der Waals surface area (Å²) in [5, 5.41) is 2.07. The zero-order valence-electron chi connectivity index (χ0n) is 11.0. The van der Waals surface area contributed by atoms with E-state index in [1.165, 1.54) is 6.07 Å². The van der Waals surface area contributed by atoms with Gasteiger partial charge in [-0.1, -0.05) is 41.9 Å². The summed E-state index contributed by atoms with van der Waals surface area (Å²) in [6, 6.07) is 15.9. The zero-order valence-corrected chi connectivity index (χ0v) is 13.9. The number of halogens is 3. The highest BCUT2D eigenvalue weighted by atomic mass is 127. The monoisotopic (exact) mass is 411 g/mol. The lowest BCUT2D eigenvalue weighted by molar-refractivity contribution is 0.639. The molecule has 1 nitrogen and oxygen atoms in total. The van der Waals surface area contributed by atoms with Gasteiger partial charge in [0.2, 0.25) is 0 Å². The van der Waals surface area contributed by atoms with Crippen LogP contribution in [0.2, 0.25) is 5.02 Å². The Bertz CT molecular complexity index is 819. The van der Waals surface area contributed by atoms with Gasteiger partial charge >= 0.3 is 0 Å². The molecule has 0 aliphatic carbocycles. The number of hydrogen-bond acceptors (Lipinski definition) is 1. The van der Waals surface area contributed by atoms with Crippen LogP contribution < -0.4 is 5.73 Å². The first kappa shape index (κ1) is 14.8. The number of benzene rings is 3. The van der Waals surface area contributed by atoms with E-state index >= 15 is 0 Å². The third-order valence-corrected chi connectivity index (χ3v) is 4.75. The highest BCUT2D eigenvalue weighted by Gasteiger charge is 2.16. The Kier molecular flexibility index (Phi) is 4.15. The zero-order chi connectivity index (χ0) is 15.0. The molecule has 1 atom stereocenters. The molecule has 106 valence electrons. The van der Waals surface area contributed by atoms with Crippen molar-refractivity contribution >= 4 is 45.0 Å². The maximum atomic E-state index is 13.9. The van der Waals surface area contributed by atoms with Crippen LogP contribution in [-0.4, -0.2) is 0 Å². The fourth-order valence-corrected chi connectivity index (χ4v) is 3.33. The molecule has 0 bridgehead atoms. The first-order valence-corrected chi connectivity index (χ1v) is 7.91. The van der Waals surface area contributed by atoms with E-state index in [2.05, 4.69) is 22.6 Å². The summed E-state index contributed by atoms with van der Waals surface area (Å²) in [5.74, 6) is -0.234. The average molecular weight is 412 g/mol. The smallest absolute Gasteiger partial charge is 0.131 e. The van der Waals surface area contributed by atoms with E-state index in [0.29, 0.717) is 10.4 Å². The molecule has 0 heterocycles. The lowest BCUT2D eigenvalue weighted by atomic mass is 9.94. The molecule has 3 aromatic carbocycles. The van der Waals surface area contributed by atoms with Crippen LogP contribution in [0.3, 0.4) is 0 Å². The Morgan fingerprint density at radius 3 is 2.43 bits per heavy atom. The normalized spacial score (nSPS) is 12.6. The Hall–Kier alpha value is -1.17. The van der Waals surface area contributed by atoms with Gasteiger partial charge in [-0.3, -0.25) is 0 Å². The minimum absolute atomic E-state index is 0.234. The molecule has 0 amide bonds. The summed E-state index contributed by atoms with van der Waals surface area (Å²) in [6.45, 7) is 0. The van der Waals surface area contributed by atoms with Gasteiger partial charge in [-0.15, -0.1) is 0 Å². The van der Waals surface area contributed by atoms with E-state index in [1.54, 1.807) is 12.1 Å². The average Bonchev–Trinajstić information content (AvgIpc) is 2.50. The van der Waals surface area contributed by atoms with E-state index < -0.39 is 0 Å². The third kappa shape index (κ3) is 2.78. The highest BCUT2D eigenvalue weighted by Crippen LogP contribution is 2.32. The van der Waals surface area contributed by atoms with Gasteiger partial charge in [0.15, 0.2) is 0 Å². The number of fused-ring (bicyclic) bond motifs is 1. The first-order chi connectivity index (χ1) is 10.1. The van der Waals surface area contributed by atoms with Gasteiger partial charge < -0.3 is 5.73 Å². The van der Waals surface area contributed by atoms with Gasteiger partial charge in [-0.2, -0.15) is 0 Å². The molecular weight excluding hydrogens is 400 g/mol. The summed E-state index contributed by atoms with van der Waals surface area (Å²) in [5.41, 5.74) is 8.26. The molecule has 3 aromatic rings. The van der Waals surface area contributed by atoms with Crippen molar-refractivity contribution in [1.82, 2.24) is 0 Å². The van der Waals surface area contributed by atoms with Gasteiger partial charge in [-0.05, 0) is 63.4 Å². The predicted octanol–water partition coefficient (Wildman–Crippen LogP) is 5.29. The summed E-state index contributed by atoms with van der Waals surface area (Å²) in [6.07, 6.45) is 0. The third-order valence-electron chi connectivity index (χ3n) is 3.53. The predicted molar refractivity (Wildman–Crippen MR) is 94.1 cm³/mol. The Morgan fingerprint density at radius 2 is 1.67 bits per heavy atom. The molecule has 3 rings (SSSR count). The van der Waals surface area contributed by atoms with Gasteiger partial charge in [0.05, 0.1) is 6.04 Å². The summed E-state index contributed by atoms with van der Waals surface area (Å²) in [4.78, 5) is 0. The van der Waals surface area contributed by atoms with Crippen LogP contribution in [-0.2, 0) is 0 Å². The quantitative estimate of drug-likeness (QED) is 0.570. The molecule has 0 saturated heterocycles. The molecule has 0 spiro atoms. The Balaban J connectivity index is 2.20. The molecule has 0 fully saturated rings. The minimum Gasteiger partial charge on any atom is -0.320 e. The van der Waals surface area contributed by atoms with Crippen LogP contribution >= 0.6 is 34.2 Å². The second kappa shape index (κ2) is 5.91. The standard InChI is InChI=1S/C17H12ClFIN/c18-10-5-8-16(20)14(9-10)17(21)13-6-7-15(19)12-4-2-1-3-11(12)13/h1-9,17H,21H2. The van der Waals surface area contributed by atoms with Crippen LogP contribution in [0.25, 0.3) is 10.8 Å². The van der Waals surface area contributed by atoms with E-state index in [4.69, 9.17) is 17.3 Å². The van der Waals surface area contributed by atoms with Crippen molar-refractivity contribution in [3.63, 3.8) is 0 Å². The van der Waals surface area contributed by atoms with Crippen molar-refractivity contribution in [3.8, 4) is 0 Å². The fourth-order valence-electron chi connectivity index (χ4n) is 2.48. The first-order valence-electron chi connectivity index (χ1n) is 6.45. The molecule has 0 radical (unpaired) electrons. The number of hydrogen-bond donors (Lipinski definition) is 1. The van der Waals surface area contributed by atoms with E-state index in [-0.39, 0.29) is 11.9 Å². The lowest BCUT2D eigenvalue weighted by Gasteiger charge is -2.17. The van der Waals surface area contributed by atoms with Crippen LogP contribution in [0.5, 0.6) is 0 Å². The fraction of sp³-hybridized carbons (Fsp3) is 0.0588. The molecule has 0 aliphatic heterocycles. The minimum atomic E-state index is -0.346. The van der Waals surface area contributed by atoms with Crippen molar-refractivity contribution in [2.24, 2.45) is 5.73 Å². The topological polar surface area (TPSA) is 26.0 Å². The van der Waals surface area contributed by atoms with E-state index in [0.717, 1.165) is 20.1 Å². The van der Waals surface area contributed by atoms with Crippen molar-refractivity contribution in [1.29, 1.82) is 0 Å². The van der Waals surface area contributed by atoms with Crippen molar-refractivity contribution in [2.75, 3.05) is 0 Å². The van der Waals surface area contributed by atoms with Crippen LogP contribution in [0.4, 0.5) is 4.39 Å². The summed E-state index contributed by atoms with van der Waals surface area (Å²) in [7, 11) is 0. The van der Waals surface area contributed by atoms with E-state index in [9.17, 15) is 4.39 Å². The molecule has 1 unspecified atom stereocenters. The Labute approximate surface area is 141 Å². The maximum absolute atomic E-state index is 13.9. The molecule has 4 heteroatoms. The van der Waals surface area contributed by atoms with Crippen molar-refractivity contribution < 1.29 is 4.39 Å². The van der Waals surface area contributed by atoms with Crippen molar-refractivity contribution in [2.45, 2.75) is 6.04 Å². The number of nitrogens with two attached hydrogens (primary N) is 1. The second-order valence-electron chi connectivity index (χ2n) is 4.83. The Morgan fingerprint density at radius 1 is 0.952 bits per heavy atom. The molecule has 0 saturated carbocycles.